The van der Waals surface area contributed by atoms with Crippen molar-refractivity contribution >= 4 is 22.7 Å². The lowest BCUT2D eigenvalue weighted by molar-refractivity contribution is 0.318. The topological polar surface area (TPSA) is 44.1 Å². The number of aromatic nitrogens is 2. The molecule has 0 fully saturated rings. The summed E-state index contributed by atoms with van der Waals surface area (Å²) in [6, 6.07) is 23.5. The van der Waals surface area contributed by atoms with Crippen LogP contribution in [0.1, 0.15) is 17.5 Å². The van der Waals surface area contributed by atoms with Crippen LogP contribution in [0.3, 0.4) is 0 Å². The van der Waals surface area contributed by atoms with Crippen molar-refractivity contribution in [2.75, 3.05) is 12.4 Å². The summed E-state index contributed by atoms with van der Waals surface area (Å²) >= 11 is 1.59. The second-order valence-electron chi connectivity index (χ2n) is 7.21. The lowest BCUT2D eigenvalue weighted by atomic mass is 10.1. The van der Waals surface area contributed by atoms with Crippen LogP contribution in [0.4, 0.5) is 0 Å². The number of aryl methyl sites for hydroxylation is 2. The number of ether oxygens (including phenoxy) is 1. The van der Waals surface area contributed by atoms with Crippen LogP contribution >= 0.6 is 11.8 Å². The largest absolute Gasteiger partial charge is 0.494 e. The summed E-state index contributed by atoms with van der Waals surface area (Å²) in [7, 11) is 0. The fraction of sp³-hybridized carbons (Fsp3) is 0.200. The average molecular weight is 417 g/mol. The quantitative estimate of drug-likeness (QED) is 0.225. The highest BCUT2D eigenvalue weighted by molar-refractivity contribution is 7.99. The van der Waals surface area contributed by atoms with Crippen molar-refractivity contribution < 1.29 is 4.74 Å². The number of para-hydroxylation sites is 2. The van der Waals surface area contributed by atoms with Crippen LogP contribution in [0.5, 0.6) is 5.75 Å². The number of benzene rings is 3. The van der Waals surface area contributed by atoms with Gasteiger partial charge in [-0.2, -0.15) is 0 Å². The summed E-state index contributed by atoms with van der Waals surface area (Å²) in [4.78, 5) is 18.2. The Morgan fingerprint density at radius 2 is 1.73 bits per heavy atom. The SMILES string of the molecule is Cc1ccc(C)c(-n2c(SCCCOc3ccccc3)nc3ccccc3c2=O)c1. The lowest BCUT2D eigenvalue weighted by Gasteiger charge is -2.16. The van der Waals surface area contributed by atoms with E-state index in [4.69, 9.17) is 9.72 Å². The standard InChI is InChI=1S/C25H24N2O2S/c1-18-13-14-19(2)23(17-18)27-24(28)21-11-6-7-12-22(21)26-25(27)30-16-8-15-29-20-9-4-3-5-10-20/h3-7,9-14,17H,8,15-16H2,1-2H3. The zero-order valence-electron chi connectivity index (χ0n) is 17.2. The monoisotopic (exact) mass is 416 g/mol. The van der Waals surface area contributed by atoms with Crippen molar-refractivity contribution in [2.45, 2.75) is 25.4 Å². The first kappa shape index (κ1) is 20.2. The van der Waals surface area contributed by atoms with Crippen molar-refractivity contribution in [3.63, 3.8) is 0 Å². The maximum absolute atomic E-state index is 13.4. The van der Waals surface area contributed by atoms with E-state index in [-0.39, 0.29) is 5.56 Å². The van der Waals surface area contributed by atoms with Gasteiger partial charge in [0, 0.05) is 5.75 Å². The van der Waals surface area contributed by atoms with E-state index < -0.39 is 0 Å². The Morgan fingerprint density at radius 3 is 2.57 bits per heavy atom. The van der Waals surface area contributed by atoms with Crippen LogP contribution in [0.25, 0.3) is 16.6 Å². The molecule has 0 spiro atoms. The molecule has 1 aromatic heterocycles. The Kier molecular flexibility index (Phi) is 6.19. The molecule has 0 aliphatic heterocycles. The molecule has 3 aromatic carbocycles. The molecule has 0 bridgehead atoms. The maximum Gasteiger partial charge on any atom is 0.266 e. The Morgan fingerprint density at radius 1 is 0.967 bits per heavy atom. The molecule has 0 atom stereocenters. The summed E-state index contributed by atoms with van der Waals surface area (Å²) in [5.41, 5.74) is 3.75. The van der Waals surface area contributed by atoms with Crippen LogP contribution in [0.2, 0.25) is 0 Å². The fourth-order valence-electron chi connectivity index (χ4n) is 3.31. The predicted molar refractivity (Wildman–Crippen MR) is 124 cm³/mol. The van der Waals surface area contributed by atoms with Crippen LogP contribution in [-0.2, 0) is 0 Å². The molecule has 1 heterocycles. The van der Waals surface area contributed by atoms with Crippen molar-refractivity contribution in [1.82, 2.24) is 9.55 Å². The molecule has 152 valence electrons. The second kappa shape index (κ2) is 9.18. The fourth-order valence-corrected chi connectivity index (χ4v) is 4.23. The van der Waals surface area contributed by atoms with E-state index in [9.17, 15) is 4.79 Å². The number of nitrogens with zero attached hydrogens (tertiary/aromatic N) is 2. The molecule has 5 heteroatoms. The van der Waals surface area contributed by atoms with Gasteiger partial charge in [0.15, 0.2) is 5.16 Å². The van der Waals surface area contributed by atoms with E-state index in [0.717, 1.165) is 40.3 Å². The van der Waals surface area contributed by atoms with E-state index in [1.54, 1.807) is 16.3 Å². The van der Waals surface area contributed by atoms with Crippen LogP contribution in [0, 0.1) is 13.8 Å². The number of rotatable bonds is 7. The molecule has 4 aromatic rings. The van der Waals surface area contributed by atoms with Crippen LogP contribution in [-0.4, -0.2) is 21.9 Å². The molecule has 0 aliphatic carbocycles. The molecule has 4 rings (SSSR count). The molecule has 4 nitrogen and oxygen atoms in total. The number of thioether (sulfide) groups is 1. The van der Waals surface area contributed by atoms with Gasteiger partial charge in [-0.25, -0.2) is 4.98 Å². The van der Waals surface area contributed by atoms with Gasteiger partial charge in [-0.3, -0.25) is 9.36 Å². The smallest absolute Gasteiger partial charge is 0.266 e. The van der Waals surface area contributed by atoms with Crippen LogP contribution < -0.4 is 10.3 Å². The highest BCUT2D eigenvalue weighted by Gasteiger charge is 2.15. The van der Waals surface area contributed by atoms with E-state index in [1.807, 2.05) is 68.4 Å². The zero-order valence-corrected chi connectivity index (χ0v) is 18.0. The molecule has 30 heavy (non-hydrogen) atoms. The van der Waals surface area contributed by atoms with Gasteiger partial charge in [0.05, 0.1) is 23.2 Å². The minimum atomic E-state index is -0.0302. The van der Waals surface area contributed by atoms with Gasteiger partial charge in [0.2, 0.25) is 0 Å². The zero-order chi connectivity index (χ0) is 20.9. The van der Waals surface area contributed by atoms with Crippen LogP contribution in [0.15, 0.2) is 82.7 Å². The molecular formula is C25H24N2O2S. The third kappa shape index (κ3) is 4.41. The van der Waals surface area contributed by atoms with E-state index in [0.29, 0.717) is 17.1 Å². The van der Waals surface area contributed by atoms with E-state index in [2.05, 4.69) is 18.2 Å². The number of fused-ring (bicyclic) bond motifs is 1. The number of hydrogen-bond donors (Lipinski definition) is 0. The molecule has 0 saturated carbocycles. The molecule has 0 N–H and O–H groups in total. The van der Waals surface area contributed by atoms with Crippen molar-refractivity contribution in [3.8, 4) is 11.4 Å². The first-order valence-electron chi connectivity index (χ1n) is 10.0. The lowest BCUT2D eigenvalue weighted by Crippen LogP contribution is -2.22. The number of hydrogen-bond acceptors (Lipinski definition) is 4. The highest BCUT2D eigenvalue weighted by atomic mass is 32.2. The molecule has 0 radical (unpaired) electrons. The second-order valence-corrected chi connectivity index (χ2v) is 8.27. The molecule has 0 unspecified atom stereocenters. The van der Waals surface area contributed by atoms with Gasteiger partial charge in [0.25, 0.3) is 5.56 Å². The Bertz CT molecular complexity index is 1220. The van der Waals surface area contributed by atoms with Gasteiger partial charge >= 0.3 is 0 Å². The summed E-state index contributed by atoms with van der Waals surface area (Å²) < 4.78 is 7.54. The minimum absolute atomic E-state index is 0.0302. The third-order valence-corrected chi connectivity index (χ3v) is 5.91. The third-order valence-electron chi connectivity index (χ3n) is 4.88. The highest BCUT2D eigenvalue weighted by Crippen LogP contribution is 2.24. The van der Waals surface area contributed by atoms with Gasteiger partial charge in [-0.15, -0.1) is 0 Å². The van der Waals surface area contributed by atoms with E-state index >= 15 is 0 Å². The van der Waals surface area contributed by atoms with Gasteiger partial charge in [-0.1, -0.05) is 54.2 Å². The normalized spacial score (nSPS) is 11.0. The van der Waals surface area contributed by atoms with Gasteiger partial charge in [-0.05, 0) is 61.7 Å². The summed E-state index contributed by atoms with van der Waals surface area (Å²) in [5, 5.41) is 1.35. The van der Waals surface area contributed by atoms with Crippen molar-refractivity contribution in [3.05, 3.63) is 94.3 Å². The summed E-state index contributed by atoms with van der Waals surface area (Å²) in [6.45, 7) is 4.69. The summed E-state index contributed by atoms with van der Waals surface area (Å²) in [6.07, 6.45) is 0.856. The predicted octanol–water partition coefficient (Wildman–Crippen LogP) is 5.56. The van der Waals surface area contributed by atoms with E-state index in [1.165, 1.54) is 0 Å². The first-order valence-corrected chi connectivity index (χ1v) is 11.0. The summed E-state index contributed by atoms with van der Waals surface area (Å²) in [5.74, 6) is 1.68. The van der Waals surface area contributed by atoms with Gasteiger partial charge in [0.1, 0.15) is 5.75 Å². The average Bonchev–Trinajstić information content (AvgIpc) is 2.76. The van der Waals surface area contributed by atoms with Gasteiger partial charge < -0.3 is 4.74 Å². The molecule has 0 aliphatic rings. The Balaban J connectivity index is 1.61. The Labute approximate surface area is 180 Å². The van der Waals surface area contributed by atoms with Crippen molar-refractivity contribution in [2.24, 2.45) is 0 Å². The first-order chi connectivity index (χ1) is 14.6. The minimum Gasteiger partial charge on any atom is -0.494 e. The molecular weight excluding hydrogens is 392 g/mol. The molecule has 0 amide bonds. The van der Waals surface area contributed by atoms with Crippen molar-refractivity contribution in [1.29, 1.82) is 0 Å². The Hall–Kier alpha value is -3.05. The molecule has 0 saturated heterocycles. The maximum atomic E-state index is 13.4.